The second kappa shape index (κ2) is 7.88. The maximum atomic E-state index is 13.2. The van der Waals surface area contributed by atoms with Crippen LogP contribution in [-0.2, 0) is 6.54 Å². The lowest BCUT2D eigenvalue weighted by molar-refractivity contribution is 0.0946. The van der Waals surface area contributed by atoms with E-state index < -0.39 is 17.5 Å². The number of anilines is 2. The quantitative estimate of drug-likeness (QED) is 0.706. The van der Waals surface area contributed by atoms with E-state index in [0.717, 1.165) is 17.7 Å². The van der Waals surface area contributed by atoms with Gasteiger partial charge in [-0.15, -0.1) is 0 Å². The van der Waals surface area contributed by atoms with Gasteiger partial charge in [-0.25, -0.2) is 18.7 Å². The fourth-order valence-electron chi connectivity index (χ4n) is 2.12. The normalized spacial score (nSPS) is 10.4. The monoisotopic (exact) mass is 374 g/mol. The predicted octanol–water partition coefficient (Wildman–Crippen LogP) is 4.08. The Hall–Kier alpha value is -3.06. The van der Waals surface area contributed by atoms with Gasteiger partial charge in [0.05, 0.1) is 0 Å². The molecule has 0 aliphatic carbocycles. The van der Waals surface area contributed by atoms with Gasteiger partial charge in [0, 0.05) is 29.5 Å². The molecule has 0 bridgehead atoms. The summed E-state index contributed by atoms with van der Waals surface area (Å²) in [6.07, 6.45) is 1.40. The van der Waals surface area contributed by atoms with Crippen molar-refractivity contribution in [3.05, 3.63) is 82.6 Å². The van der Waals surface area contributed by atoms with Gasteiger partial charge >= 0.3 is 0 Å². The van der Waals surface area contributed by atoms with Gasteiger partial charge in [-0.1, -0.05) is 23.7 Å². The molecule has 2 aromatic carbocycles. The number of hydrogen-bond donors (Lipinski definition) is 2. The molecular weight excluding hydrogens is 362 g/mol. The lowest BCUT2D eigenvalue weighted by Crippen LogP contribution is -2.24. The minimum Gasteiger partial charge on any atom is -0.347 e. The largest absolute Gasteiger partial charge is 0.347 e. The molecule has 0 radical (unpaired) electrons. The number of carbonyl (C=O) groups is 1. The molecule has 0 aliphatic rings. The molecule has 0 aliphatic heterocycles. The Morgan fingerprint density at radius 2 is 1.81 bits per heavy atom. The van der Waals surface area contributed by atoms with Crippen LogP contribution in [0, 0.1) is 11.6 Å². The highest BCUT2D eigenvalue weighted by Gasteiger charge is 2.10. The van der Waals surface area contributed by atoms with Crippen LogP contribution in [0.3, 0.4) is 0 Å². The molecule has 5 nitrogen and oxygen atoms in total. The summed E-state index contributed by atoms with van der Waals surface area (Å²) in [6, 6.07) is 11.8. The van der Waals surface area contributed by atoms with Crippen LogP contribution in [0.2, 0.25) is 5.02 Å². The number of nitrogens with one attached hydrogen (secondary N) is 2. The van der Waals surface area contributed by atoms with Crippen LogP contribution >= 0.6 is 11.6 Å². The molecule has 3 aromatic rings. The number of rotatable bonds is 5. The van der Waals surface area contributed by atoms with Crippen LogP contribution in [0.1, 0.15) is 16.1 Å². The highest BCUT2D eigenvalue weighted by Crippen LogP contribution is 2.16. The van der Waals surface area contributed by atoms with Gasteiger partial charge in [-0.2, -0.15) is 0 Å². The smallest absolute Gasteiger partial charge is 0.270 e. The zero-order chi connectivity index (χ0) is 18.5. The van der Waals surface area contributed by atoms with Crippen LogP contribution in [-0.4, -0.2) is 15.9 Å². The number of aromatic nitrogens is 2. The number of amides is 1. The third-order valence-electron chi connectivity index (χ3n) is 3.43. The van der Waals surface area contributed by atoms with Crippen molar-refractivity contribution >= 4 is 29.1 Å². The van der Waals surface area contributed by atoms with E-state index in [0.29, 0.717) is 11.6 Å². The number of nitrogens with zero attached hydrogens (tertiary/aromatic N) is 2. The summed E-state index contributed by atoms with van der Waals surface area (Å²) >= 11 is 5.82. The van der Waals surface area contributed by atoms with Gasteiger partial charge in [0.15, 0.2) is 11.6 Å². The third kappa shape index (κ3) is 4.52. The van der Waals surface area contributed by atoms with Crippen LogP contribution in [0.4, 0.5) is 20.4 Å². The van der Waals surface area contributed by atoms with Crippen molar-refractivity contribution in [3.63, 3.8) is 0 Å². The molecule has 1 heterocycles. The van der Waals surface area contributed by atoms with Gasteiger partial charge in [-0.05, 0) is 35.9 Å². The van der Waals surface area contributed by atoms with Gasteiger partial charge in [0.25, 0.3) is 5.91 Å². The first-order chi connectivity index (χ1) is 12.5. The van der Waals surface area contributed by atoms with E-state index in [1.807, 2.05) is 0 Å². The molecule has 1 aromatic heterocycles. The van der Waals surface area contributed by atoms with Crippen molar-refractivity contribution in [1.82, 2.24) is 15.3 Å². The number of halogens is 3. The summed E-state index contributed by atoms with van der Waals surface area (Å²) in [6.45, 7) is 0.311. The Balaban J connectivity index is 1.66. The van der Waals surface area contributed by atoms with E-state index in [-0.39, 0.29) is 17.3 Å². The Morgan fingerprint density at radius 3 is 2.54 bits per heavy atom. The molecule has 0 spiro atoms. The number of carbonyl (C=O) groups excluding carboxylic acids is 1. The minimum absolute atomic E-state index is 0.0927. The van der Waals surface area contributed by atoms with Crippen molar-refractivity contribution in [2.45, 2.75) is 6.54 Å². The molecule has 0 saturated heterocycles. The van der Waals surface area contributed by atoms with E-state index in [1.54, 1.807) is 24.3 Å². The second-order valence-electron chi connectivity index (χ2n) is 5.33. The minimum atomic E-state index is -0.994. The van der Waals surface area contributed by atoms with Crippen LogP contribution in [0.25, 0.3) is 0 Å². The highest BCUT2D eigenvalue weighted by molar-refractivity contribution is 6.30. The van der Waals surface area contributed by atoms with Gasteiger partial charge in [0.1, 0.15) is 5.69 Å². The summed E-state index contributed by atoms with van der Waals surface area (Å²) in [4.78, 5) is 20.3. The lowest BCUT2D eigenvalue weighted by atomic mass is 10.2. The first-order valence-electron chi connectivity index (χ1n) is 7.59. The molecule has 132 valence electrons. The van der Waals surface area contributed by atoms with Crippen molar-refractivity contribution in [1.29, 1.82) is 0 Å². The Bertz CT molecular complexity index is 935. The number of hydrogen-bond acceptors (Lipinski definition) is 4. The fourth-order valence-corrected chi connectivity index (χ4v) is 2.25. The third-order valence-corrected chi connectivity index (χ3v) is 3.68. The Morgan fingerprint density at radius 1 is 1.04 bits per heavy atom. The van der Waals surface area contributed by atoms with Crippen molar-refractivity contribution in [2.24, 2.45) is 0 Å². The van der Waals surface area contributed by atoms with Crippen molar-refractivity contribution in [2.75, 3.05) is 5.32 Å². The molecule has 3 rings (SSSR count). The maximum Gasteiger partial charge on any atom is 0.270 e. The summed E-state index contributed by atoms with van der Waals surface area (Å²) in [5.74, 6) is -2.25. The molecule has 0 fully saturated rings. The summed E-state index contributed by atoms with van der Waals surface area (Å²) in [5.41, 5.74) is 1.29. The highest BCUT2D eigenvalue weighted by atomic mass is 35.5. The fraction of sp³-hybridized carbons (Fsp3) is 0.0556. The zero-order valence-corrected chi connectivity index (χ0v) is 14.1. The maximum absolute atomic E-state index is 13.2. The molecule has 0 atom stereocenters. The van der Waals surface area contributed by atoms with E-state index in [4.69, 9.17) is 11.6 Å². The Kier molecular flexibility index (Phi) is 5.38. The van der Waals surface area contributed by atoms with Crippen LogP contribution in [0.15, 0.2) is 54.7 Å². The molecule has 0 unspecified atom stereocenters. The first kappa shape index (κ1) is 17.8. The molecule has 0 saturated carbocycles. The van der Waals surface area contributed by atoms with E-state index in [1.165, 1.54) is 18.3 Å². The molecule has 1 amide bonds. The average Bonchev–Trinajstić information content (AvgIpc) is 2.64. The Labute approximate surface area is 153 Å². The summed E-state index contributed by atoms with van der Waals surface area (Å²) in [7, 11) is 0. The van der Waals surface area contributed by atoms with Gasteiger partial charge < -0.3 is 10.6 Å². The summed E-state index contributed by atoms with van der Waals surface area (Å²) in [5, 5.41) is 6.07. The van der Waals surface area contributed by atoms with Crippen LogP contribution < -0.4 is 10.6 Å². The van der Waals surface area contributed by atoms with Gasteiger partial charge in [-0.3, -0.25) is 4.79 Å². The molecular formula is C18H13ClF2N4O. The van der Waals surface area contributed by atoms with Crippen molar-refractivity contribution in [3.8, 4) is 0 Å². The van der Waals surface area contributed by atoms with E-state index in [2.05, 4.69) is 20.6 Å². The topological polar surface area (TPSA) is 66.9 Å². The molecule has 26 heavy (non-hydrogen) atoms. The molecule has 2 N–H and O–H groups in total. The number of benzene rings is 2. The van der Waals surface area contributed by atoms with E-state index in [9.17, 15) is 13.6 Å². The summed E-state index contributed by atoms with van der Waals surface area (Å²) < 4.78 is 26.2. The van der Waals surface area contributed by atoms with Crippen molar-refractivity contribution < 1.29 is 13.6 Å². The first-order valence-corrected chi connectivity index (χ1v) is 7.97. The van der Waals surface area contributed by atoms with Gasteiger partial charge in [0.2, 0.25) is 5.95 Å². The average molecular weight is 375 g/mol. The second-order valence-corrected chi connectivity index (χ2v) is 5.76. The SMILES string of the molecule is O=C(NCc1ccc(Cl)cc1)c1ccnc(Nc2ccc(F)c(F)c2)n1. The standard InChI is InChI=1S/C18H13ClF2N4O/c19-12-3-1-11(2-4-12)10-23-17(26)16-7-8-22-18(25-16)24-13-5-6-14(20)15(21)9-13/h1-9H,10H2,(H,23,26)(H,22,24,25). The van der Waals surface area contributed by atoms with Crippen LogP contribution in [0.5, 0.6) is 0 Å². The lowest BCUT2D eigenvalue weighted by Gasteiger charge is -2.08. The zero-order valence-electron chi connectivity index (χ0n) is 13.3. The van der Waals surface area contributed by atoms with E-state index >= 15 is 0 Å². The predicted molar refractivity (Wildman–Crippen MR) is 94.3 cm³/mol. The molecule has 8 heteroatoms.